The molecule has 0 saturated carbocycles. The molecular weight excluding hydrogens is 918 g/mol. The van der Waals surface area contributed by atoms with Crippen molar-refractivity contribution in [2.24, 2.45) is 0 Å². The topological polar surface area (TPSA) is 108 Å². The molecule has 418 valence electrons. The SMILES string of the molecule is CCCCC/C=C\C/C=C\C/C=C\CCCCCCCCC(=O)OCC(COP(=O)(O)OCC[N+](C)(C)C)OC(=O)CCCCCCCCCCCCCCCC/C=C\C/C=C\C/C=C\CCCCCCC. The molecule has 9 nitrogen and oxygen atoms in total. The van der Waals surface area contributed by atoms with Gasteiger partial charge in [-0.25, -0.2) is 4.57 Å². The number of unbranched alkanes of at least 4 members (excludes halogenated alkanes) is 28. The first-order valence-corrected chi connectivity index (χ1v) is 31.2. The summed E-state index contributed by atoms with van der Waals surface area (Å²) >= 11 is 0. The summed E-state index contributed by atoms with van der Waals surface area (Å²) in [7, 11) is 1.47. The summed E-state index contributed by atoms with van der Waals surface area (Å²) in [5, 5.41) is 0. The molecule has 1 N–H and O–H groups in total. The minimum absolute atomic E-state index is 0.0270. The van der Waals surface area contributed by atoms with E-state index in [0.29, 0.717) is 17.4 Å². The molecule has 0 aromatic heterocycles. The average molecular weight is 1030 g/mol. The monoisotopic (exact) mass is 1030 g/mol. The number of nitrogens with zero attached hydrogens (tertiary/aromatic N) is 1. The lowest BCUT2D eigenvalue weighted by Crippen LogP contribution is -2.37. The molecule has 0 fully saturated rings. The maximum Gasteiger partial charge on any atom is 0.472 e. The molecule has 0 saturated heterocycles. The van der Waals surface area contributed by atoms with Crippen LogP contribution in [0.4, 0.5) is 0 Å². The van der Waals surface area contributed by atoms with Crippen molar-refractivity contribution in [3.8, 4) is 0 Å². The van der Waals surface area contributed by atoms with Crippen molar-refractivity contribution in [1.82, 2.24) is 0 Å². The number of esters is 2. The van der Waals surface area contributed by atoms with E-state index in [9.17, 15) is 19.0 Å². The average Bonchev–Trinajstić information content (AvgIpc) is 3.34. The van der Waals surface area contributed by atoms with Crippen LogP contribution in [0.5, 0.6) is 0 Å². The number of phosphoric acid groups is 1. The Kier molecular flexibility index (Phi) is 51.4. The molecule has 0 spiro atoms. The fourth-order valence-corrected chi connectivity index (χ4v) is 8.83. The summed E-state index contributed by atoms with van der Waals surface area (Å²) in [6.07, 6.45) is 69.7. The number of hydrogen-bond acceptors (Lipinski definition) is 7. The smallest absolute Gasteiger partial charge is 0.462 e. The van der Waals surface area contributed by atoms with E-state index < -0.39 is 26.5 Å². The van der Waals surface area contributed by atoms with Crippen LogP contribution < -0.4 is 0 Å². The quantitative estimate of drug-likeness (QED) is 0.0211. The van der Waals surface area contributed by atoms with E-state index in [1.54, 1.807) is 0 Å². The lowest BCUT2D eigenvalue weighted by molar-refractivity contribution is -0.870. The molecular formula is C62H113NO8P+. The maximum atomic E-state index is 12.8. The third kappa shape index (κ3) is 56.7. The van der Waals surface area contributed by atoms with E-state index in [2.05, 4.69) is 86.8 Å². The highest BCUT2D eigenvalue weighted by molar-refractivity contribution is 7.47. The minimum atomic E-state index is -4.39. The normalized spacial score (nSPS) is 13.8. The van der Waals surface area contributed by atoms with Crippen molar-refractivity contribution in [2.75, 3.05) is 47.5 Å². The van der Waals surface area contributed by atoms with Gasteiger partial charge in [-0.3, -0.25) is 18.6 Å². The molecule has 2 atom stereocenters. The van der Waals surface area contributed by atoms with Crippen LogP contribution in [0.1, 0.15) is 258 Å². The Morgan fingerprint density at radius 1 is 0.431 bits per heavy atom. The standard InChI is InChI=1S/C62H112NO8P/c1-6-8-10-12-14-16-18-20-22-24-26-27-28-29-30-31-32-33-34-35-37-39-41-43-45-47-49-51-53-55-62(65)71-60(59-70-72(66,67)69-57-56-63(3,4)5)58-68-61(64)54-52-50-48-46-44-42-40-38-36-25-23-21-19-17-15-13-11-9-7-2/h15,17-18,20-21,23-24,26,28-29,36,38,60H,6-14,16,19,22,25,27,30-35,37,39-59H2,1-5H3/p+1/b17-15-,20-18-,23-21-,26-24-,29-28-,38-36-. The van der Waals surface area contributed by atoms with E-state index in [4.69, 9.17) is 18.5 Å². The lowest BCUT2D eigenvalue weighted by Gasteiger charge is -2.24. The molecule has 0 aliphatic carbocycles. The van der Waals surface area contributed by atoms with Crippen molar-refractivity contribution in [2.45, 2.75) is 264 Å². The van der Waals surface area contributed by atoms with E-state index in [1.807, 2.05) is 21.1 Å². The van der Waals surface area contributed by atoms with Crippen molar-refractivity contribution in [3.63, 3.8) is 0 Å². The predicted octanol–water partition coefficient (Wildman–Crippen LogP) is 18.5. The fourth-order valence-electron chi connectivity index (χ4n) is 8.09. The van der Waals surface area contributed by atoms with Gasteiger partial charge >= 0.3 is 19.8 Å². The summed E-state index contributed by atoms with van der Waals surface area (Å²) in [4.78, 5) is 35.7. The largest absolute Gasteiger partial charge is 0.472 e. The summed E-state index contributed by atoms with van der Waals surface area (Å²) in [6.45, 7) is 4.39. The maximum absolute atomic E-state index is 12.8. The molecule has 72 heavy (non-hydrogen) atoms. The zero-order valence-electron chi connectivity index (χ0n) is 47.4. The van der Waals surface area contributed by atoms with E-state index in [1.165, 1.54) is 148 Å². The number of likely N-dealkylation sites (N-methyl/N-ethyl adjacent to an activating group) is 1. The molecule has 0 aromatic carbocycles. The Morgan fingerprint density at radius 3 is 1.14 bits per heavy atom. The highest BCUT2D eigenvalue weighted by Crippen LogP contribution is 2.43. The van der Waals surface area contributed by atoms with Crippen LogP contribution in [0.2, 0.25) is 0 Å². The molecule has 0 bridgehead atoms. The Morgan fingerprint density at radius 2 is 0.750 bits per heavy atom. The van der Waals surface area contributed by atoms with Crippen LogP contribution in [0.3, 0.4) is 0 Å². The van der Waals surface area contributed by atoms with E-state index in [-0.39, 0.29) is 32.0 Å². The second-order valence-electron chi connectivity index (χ2n) is 21.0. The summed E-state index contributed by atoms with van der Waals surface area (Å²) in [6, 6.07) is 0. The van der Waals surface area contributed by atoms with Crippen LogP contribution in [0, 0.1) is 0 Å². The number of carbonyl (C=O) groups is 2. The number of rotatable bonds is 54. The molecule has 0 aliphatic heterocycles. The summed E-state index contributed by atoms with van der Waals surface area (Å²) in [5.74, 6) is -0.810. The van der Waals surface area contributed by atoms with Gasteiger partial charge in [0.15, 0.2) is 6.10 Å². The van der Waals surface area contributed by atoms with Gasteiger partial charge in [-0.15, -0.1) is 0 Å². The Labute approximate surface area is 444 Å². The highest BCUT2D eigenvalue weighted by atomic mass is 31.2. The van der Waals surface area contributed by atoms with Gasteiger partial charge < -0.3 is 18.9 Å². The Hall–Kier alpha value is -2.55. The van der Waals surface area contributed by atoms with E-state index in [0.717, 1.165) is 77.0 Å². The minimum Gasteiger partial charge on any atom is -0.462 e. The van der Waals surface area contributed by atoms with Gasteiger partial charge in [0.05, 0.1) is 27.7 Å². The Balaban J connectivity index is 4.15. The summed E-state index contributed by atoms with van der Waals surface area (Å²) < 4.78 is 34.6. The van der Waals surface area contributed by atoms with E-state index >= 15 is 0 Å². The molecule has 0 aromatic rings. The molecule has 0 rings (SSSR count). The number of phosphoric ester groups is 1. The van der Waals surface area contributed by atoms with Crippen LogP contribution in [-0.2, 0) is 32.7 Å². The number of quaternary nitrogens is 1. The van der Waals surface area contributed by atoms with Crippen LogP contribution in [0.25, 0.3) is 0 Å². The number of ether oxygens (including phenoxy) is 2. The fraction of sp³-hybridized carbons (Fsp3) is 0.774. The second kappa shape index (κ2) is 53.3. The first-order valence-electron chi connectivity index (χ1n) is 29.7. The molecule has 0 heterocycles. The molecule has 10 heteroatoms. The van der Waals surface area contributed by atoms with Crippen LogP contribution in [-0.4, -0.2) is 74.9 Å². The van der Waals surface area contributed by atoms with Gasteiger partial charge in [0.1, 0.15) is 19.8 Å². The Bertz CT molecular complexity index is 1450. The van der Waals surface area contributed by atoms with Crippen LogP contribution >= 0.6 is 7.82 Å². The van der Waals surface area contributed by atoms with Crippen molar-refractivity contribution in [1.29, 1.82) is 0 Å². The molecule has 2 unspecified atom stereocenters. The zero-order chi connectivity index (χ0) is 52.7. The molecule has 0 amide bonds. The molecule has 0 radical (unpaired) electrons. The first kappa shape index (κ1) is 69.5. The van der Waals surface area contributed by atoms with Gasteiger partial charge in [-0.2, -0.15) is 0 Å². The predicted molar refractivity (Wildman–Crippen MR) is 307 cm³/mol. The lowest BCUT2D eigenvalue weighted by atomic mass is 10.0. The number of carbonyl (C=O) groups excluding carboxylic acids is 2. The van der Waals surface area contributed by atoms with Crippen molar-refractivity contribution in [3.05, 3.63) is 72.9 Å². The van der Waals surface area contributed by atoms with Gasteiger partial charge in [-0.1, -0.05) is 228 Å². The number of hydrogen-bond donors (Lipinski definition) is 1. The zero-order valence-corrected chi connectivity index (χ0v) is 48.3. The van der Waals surface area contributed by atoms with Crippen molar-refractivity contribution >= 4 is 19.8 Å². The summed E-state index contributed by atoms with van der Waals surface area (Å²) in [5.41, 5.74) is 0. The second-order valence-corrected chi connectivity index (χ2v) is 22.5. The van der Waals surface area contributed by atoms with Crippen molar-refractivity contribution < 1.29 is 42.1 Å². The van der Waals surface area contributed by atoms with Crippen LogP contribution in [0.15, 0.2) is 72.9 Å². The van der Waals surface area contributed by atoms with Gasteiger partial charge in [0.2, 0.25) is 0 Å². The highest BCUT2D eigenvalue weighted by Gasteiger charge is 2.27. The van der Waals surface area contributed by atoms with Gasteiger partial charge in [-0.05, 0) is 89.9 Å². The molecule has 0 aliphatic rings. The number of allylic oxidation sites excluding steroid dienone is 12. The van der Waals surface area contributed by atoms with Gasteiger partial charge in [0.25, 0.3) is 0 Å². The first-order chi connectivity index (χ1) is 35.0. The third-order valence-corrected chi connectivity index (χ3v) is 13.7. The third-order valence-electron chi connectivity index (χ3n) is 12.7. The van der Waals surface area contributed by atoms with Gasteiger partial charge in [0, 0.05) is 12.8 Å².